The second-order valence-electron chi connectivity index (χ2n) is 4.97. The maximum atomic E-state index is 12.0. The summed E-state index contributed by atoms with van der Waals surface area (Å²) in [6.07, 6.45) is -1.80. The molecule has 0 radical (unpaired) electrons. The van der Waals surface area contributed by atoms with Crippen LogP contribution in [0, 0.1) is 0 Å². The quantitative estimate of drug-likeness (QED) is 0.176. The van der Waals surface area contributed by atoms with Crippen molar-refractivity contribution in [1.29, 1.82) is 0 Å². The van der Waals surface area contributed by atoms with E-state index in [4.69, 9.17) is 19.9 Å². The van der Waals surface area contributed by atoms with E-state index in [1.807, 2.05) is 5.32 Å². The molecule has 150 valence electrons. The molecular weight excluding hydrogens is 402 g/mol. The molecule has 0 fully saturated rings. The fraction of sp³-hybridized carbons (Fsp3) is 0.600. The molecule has 0 heterocycles. The molecule has 14 nitrogen and oxygen atoms in total. The number of carbonyl (C=O) groups excluding carboxylic acids is 3. The number of hydrogen-bond donors (Lipinski definition) is 6. The van der Waals surface area contributed by atoms with Gasteiger partial charge in [-0.1, -0.05) is 0 Å². The highest BCUT2D eigenvalue weighted by Gasteiger charge is 2.30. The van der Waals surface area contributed by atoms with E-state index in [-0.39, 0.29) is 0 Å². The first kappa shape index (κ1) is 23.7. The van der Waals surface area contributed by atoms with Crippen molar-refractivity contribution in [1.82, 2.24) is 10.6 Å². The molecule has 0 aliphatic rings. The molecule has 0 spiro atoms. The van der Waals surface area contributed by atoms with E-state index in [1.54, 1.807) is 5.32 Å². The van der Waals surface area contributed by atoms with Gasteiger partial charge in [-0.3, -0.25) is 28.3 Å². The zero-order valence-electron chi connectivity index (χ0n) is 13.0. The van der Waals surface area contributed by atoms with Gasteiger partial charge in [0.25, 0.3) is 20.2 Å². The highest BCUT2D eigenvalue weighted by Crippen LogP contribution is 1.99. The van der Waals surface area contributed by atoms with E-state index in [0.29, 0.717) is 0 Å². The minimum absolute atomic E-state index is 0.799. The SMILES string of the molecule is NC(=O)[C@@H](CS(=O)(=O)O)NC(=O)[C@@H](CC(=O)O)NC(=O)CCS(=O)(=O)O. The monoisotopic (exact) mass is 419 g/mol. The van der Waals surface area contributed by atoms with Crippen LogP contribution in [0.3, 0.4) is 0 Å². The molecule has 0 saturated carbocycles. The zero-order valence-corrected chi connectivity index (χ0v) is 14.6. The lowest BCUT2D eigenvalue weighted by Crippen LogP contribution is -2.55. The predicted octanol–water partition coefficient (Wildman–Crippen LogP) is -3.92. The average Bonchev–Trinajstić information content (AvgIpc) is 2.40. The maximum absolute atomic E-state index is 12.0. The van der Waals surface area contributed by atoms with Gasteiger partial charge >= 0.3 is 5.97 Å². The molecule has 0 aromatic heterocycles. The molecule has 0 unspecified atom stereocenters. The third-order valence-electron chi connectivity index (χ3n) is 2.65. The minimum Gasteiger partial charge on any atom is -0.481 e. The Morgan fingerprint density at radius 1 is 0.923 bits per heavy atom. The number of hydrogen-bond acceptors (Lipinski definition) is 8. The van der Waals surface area contributed by atoms with Gasteiger partial charge in [-0.15, -0.1) is 0 Å². The highest BCUT2D eigenvalue weighted by molar-refractivity contribution is 7.86. The standard InChI is InChI=1S/C10H17N3O11S2/c11-9(17)6(4-26(22,23)24)13-10(18)5(3-8(15)16)12-7(14)1-2-25(19,20)21/h5-6H,1-4H2,(H2,11,17)(H,12,14)(H,13,18)(H,15,16)(H,19,20,21)(H,22,23,24)/t5-,6-/m1/s1. The van der Waals surface area contributed by atoms with Crippen LogP contribution in [0.25, 0.3) is 0 Å². The van der Waals surface area contributed by atoms with Gasteiger partial charge in [-0.2, -0.15) is 16.8 Å². The van der Waals surface area contributed by atoms with Crippen molar-refractivity contribution in [2.75, 3.05) is 11.5 Å². The number of carboxylic acid groups (broad SMARTS) is 1. The summed E-state index contributed by atoms with van der Waals surface area (Å²) in [6, 6.07) is -3.73. The van der Waals surface area contributed by atoms with Crippen molar-refractivity contribution < 1.29 is 50.2 Å². The molecule has 16 heteroatoms. The van der Waals surface area contributed by atoms with Gasteiger partial charge in [0, 0.05) is 6.42 Å². The van der Waals surface area contributed by atoms with E-state index >= 15 is 0 Å². The molecule has 7 N–H and O–H groups in total. The smallest absolute Gasteiger partial charge is 0.305 e. The summed E-state index contributed by atoms with van der Waals surface area (Å²) in [4.78, 5) is 45.4. The van der Waals surface area contributed by atoms with E-state index < -0.39 is 80.4 Å². The lowest BCUT2D eigenvalue weighted by atomic mass is 10.1. The Morgan fingerprint density at radius 3 is 1.85 bits per heavy atom. The summed E-state index contributed by atoms with van der Waals surface area (Å²) in [6.45, 7) is 0. The summed E-state index contributed by atoms with van der Waals surface area (Å²) in [5.74, 6) is -7.64. The maximum Gasteiger partial charge on any atom is 0.305 e. The molecule has 0 saturated heterocycles. The number of nitrogens with one attached hydrogen (secondary N) is 2. The van der Waals surface area contributed by atoms with Gasteiger partial charge in [0.05, 0.1) is 12.2 Å². The van der Waals surface area contributed by atoms with Crippen molar-refractivity contribution >= 4 is 43.9 Å². The lowest BCUT2D eigenvalue weighted by Gasteiger charge is -2.20. The van der Waals surface area contributed by atoms with E-state index in [0.717, 1.165) is 0 Å². The summed E-state index contributed by atoms with van der Waals surface area (Å²) in [7, 11) is -9.21. The average molecular weight is 419 g/mol. The predicted molar refractivity (Wildman–Crippen MR) is 82.8 cm³/mol. The fourth-order valence-electron chi connectivity index (χ4n) is 1.55. The molecule has 0 aromatic rings. The highest BCUT2D eigenvalue weighted by atomic mass is 32.2. The second kappa shape index (κ2) is 9.41. The van der Waals surface area contributed by atoms with Crippen LogP contribution in [-0.2, 0) is 39.4 Å². The topological polar surface area (TPSA) is 247 Å². The van der Waals surface area contributed by atoms with E-state index in [2.05, 4.69) is 0 Å². The third kappa shape index (κ3) is 11.3. The van der Waals surface area contributed by atoms with Gasteiger partial charge in [0.2, 0.25) is 17.7 Å². The lowest BCUT2D eigenvalue weighted by molar-refractivity contribution is -0.140. The van der Waals surface area contributed by atoms with E-state index in [1.165, 1.54) is 0 Å². The van der Waals surface area contributed by atoms with Gasteiger partial charge in [0.15, 0.2) is 0 Å². The molecule has 2 atom stereocenters. The number of carboxylic acids is 1. The van der Waals surface area contributed by atoms with Gasteiger partial charge in [-0.05, 0) is 0 Å². The largest absolute Gasteiger partial charge is 0.481 e. The van der Waals surface area contributed by atoms with Gasteiger partial charge in [0.1, 0.15) is 17.8 Å². The normalized spacial score (nSPS) is 14.1. The molecule has 0 aliphatic carbocycles. The van der Waals surface area contributed by atoms with Gasteiger partial charge < -0.3 is 21.5 Å². The van der Waals surface area contributed by atoms with Crippen molar-refractivity contribution in [2.24, 2.45) is 5.73 Å². The molecule has 0 bridgehead atoms. The molecule has 0 aliphatic heterocycles. The summed E-state index contributed by atoms with van der Waals surface area (Å²) in [5, 5.41) is 12.4. The van der Waals surface area contributed by atoms with Crippen LogP contribution in [0.4, 0.5) is 0 Å². The Morgan fingerprint density at radius 2 is 1.46 bits per heavy atom. The molecule has 3 amide bonds. The second-order valence-corrected chi connectivity index (χ2v) is 8.04. The molecule has 0 aromatic carbocycles. The number of rotatable bonds is 11. The third-order valence-corrected chi connectivity index (χ3v) is 4.13. The van der Waals surface area contributed by atoms with Crippen LogP contribution >= 0.6 is 0 Å². The Hall–Kier alpha value is -2.30. The van der Waals surface area contributed by atoms with Crippen LogP contribution < -0.4 is 16.4 Å². The van der Waals surface area contributed by atoms with Gasteiger partial charge in [-0.25, -0.2) is 0 Å². The van der Waals surface area contributed by atoms with Crippen LogP contribution in [0.15, 0.2) is 0 Å². The number of nitrogens with two attached hydrogens (primary N) is 1. The Labute approximate surface area is 147 Å². The number of aliphatic carboxylic acids is 1. The zero-order chi connectivity index (χ0) is 20.7. The fourth-order valence-corrected chi connectivity index (χ4v) is 2.66. The summed E-state index contributed by atoms with van der Waals surface area (Å²) >= 11 is 0. The number of primary amides is 1. The summed E-state index contributed by atoms with van der Waals surface area (Å²) < 4.78 is 59.9. The van der Waals surface area contributed by atoms with Crippen molar-refractivity contribution in [3.8, 4) is 0 Å². The van der Waals surface area contributed by atoms with Crippen LogP contribution in [0.5, 0.6) is 0 Å². The van der Waals surface area contributed by atoms with Crippen molar-refractivity contribution in [2.45, 2.75) is 24.9 Å². The first-order chi connectivity index (χ1) is 11.6. The van der Waals surface area contributed by atoms with Crippen LogP contribution in [-0.4, -0.2) is 78.3 Å². The molecule has 0 rings (SSSR count). The first-order valence-electron chi connectivity index (χ1n) is 6.62. The van der Waals surface area contributed by atoms with Crippen molar-refractivity contribution in [3.05, 3.63) is 0 Å². The number of amides is 3. The van der Waals surface area contributed by atoms with Crippen molar-refractivity contribution in [3.63, 3.8) is 0 Å². The Bertz CT molecular complexity index is 774. The number of carbonyl (C=O) groups is 4. The van der Waals surface area contributed by atoms with E-state index in [9.17, 15) is 36.0 Å². The molecule has 26 heavy (non-hydrogen) atoms. The minimum atomic E-state index is -4.72. The Balaban J connectivity index is 5.15. The van der Waals surface area contributed by atoms with Crippen LogP contribution in [0.1, 0.15) is 12.8 Å². The van der Waals surface area contributed by atoms with Crippen LogP contribution in [0.2, 0.25) is 0 Å². The first-order valence-corrected chi connectivity index (χ1v) is 9.83. The Kier molecular flexibility index (Phi) is 8.58. The molecular formula is C10H17N3O11S2. The summed E-state index contributed by atoms with van der Waals surface area (Å²) in [5.41, 5.74) is 4.86.